The molecule has 2 aliphatic heterocycles. The Balaban J connectivity index is 1.75. The molecule has 9 nitrogen and oxygen atoms in total. The Hall–Kier alpha value is -2.81. The van der Waals surface area contributed by atoms with Crippen molar-refractivity contribution in [2.45, 2.75) is 45.3 Å². The predicted molar refractivity (Wildman–Crippen MR) is 106 cm³/mol. The highest BCUT2D eigenvalue weighted by Gasteiger charge is 2.34. The Morgan fingerprint density at radius 1 is 1.00 bits per heavy atom. The first-order valence-electron chi connectivity index (χ1n) is 9.78. The molecule has 9 heteroatoms. The summed E-state index contributed by atoms with van der Waals surface area (Å²) in [6.07, 6.45) is 6.92. The molecule has 0 unspecified atom stereocenters. The summed E-state index contributed by atoms with van der Waals surface area (Å²) in [6.45, 7) is 7.41. The van der Waals surface area contributed by atoms with Gasteiger partial charge in [-0.05, 0) is 33.1 Å². The van der Waals surface area contributed by atoms with Gasteiger partial charge in [0.2, 0.25) is 5.95 Å². The van der Waals surface area contributed by atoms with Gasteiger partial charge in [-0.25, -0.2) is 24.9 Å². The van der Waals surface area contributed by atoms with Gasteiger partial charge in [-0.3, -0.25) is 0 Å². The average Bonchev–Trinajstić information content (AvgIpc) is 3.09. The van der Waals surface area contributed by atoms with Crippen LogP contribution in [0.4, 0.5) is 11.8 Å². The molecule has 28 heavy (non-hydrogen) atoms. The average molecular weight is 380 g/mol. The van der Waals surface area contributed by atoms with Gasteiger partial charge < -0.3 is 19.9 Å². The summed E-state index contributed by atoms with van der Waals surface area (Å²) in [6, 6.07) is 0. The molecule has 0 aliphatic carbocycles. The van der Waals surface area contributed by atoms with E-state index in [1.807, 2.05) is 13.8 Å². The van der Waals surface area contributed by atoms with Gasteiger partial charge in [0.15, 0.2) is 22.8 Å². The van der Waals surface area contributed by atoms with Crippen LogP contribution in [-0.2, 0) is 16.9 Å². The first-order chi connectivity index (χ1) is 13.5. The Kier molecular flexibility index (Phi) is 3.94. The van der Waals surface area contributed by atoms with Gasteiger partial charge in [0.25, 0.3) is 0 Å². The van der Waals surface area contributed by atoms with Gasteiger partial charge in [-0.2, -0.15) is 0 Å². The summed E-state index contributed by atoms with van der Waals surface area (Å²) in [5, 5.41) is 0. The number of fused-ring (bicyclic) bond motifs is 3. The fourth-order valence-corrected chi connectivity index (χ4v) is 4.02. The number of nitrogens with zero attached hydrogens (tertiary/aromatic N) is 7. The predicted octanol–water partition coefficient (Wildman–Crippen LogP) is 2.12. The van der Waals surface area contributed by atoms with Crippen LogP contribution in [0, 0.1) is 0 Å². The second kappa shape index (κ2) is 6.37. The number of hydrogen-bond acceptors (Lipinski definition) is 8. The zero-order valence-electron chi connectivity index (χ0n) is 16.2. The van der Waals surface area contributed by atoms with Crippen molar-refractivity contribution in [3.63, 3.8) is 0 Å². The zero-order chi connectivity index (χ0) is 19.3. The number of piperidine rings is 1. The van der Waals surface area contributed by atoms with E-state index in [0.717, 1.165) is 60.8 Å². The monoisotopic (exact) mass is 380 g/mol. The first-order valence-corrected chi connectivity index (χ1v) is 9.78. The first kappa shape index (κ1) is 17.3. The number of nitrogens with two attached hydrogens (primary N) is 1. The largest absolute Gasteiger partial charge is 0.368 e. The number of hydrogen-bond donors (Lipinski definition) is 1. The lowest BCUT2D eigenvalue weighted by atomic mass is 10.1. The Labute approximate surface area is 163 Å². The van der Waals surface area contributed by atoms with E-state index < -0.39 is 5.60 Å². The number of rotatable bonds is 2. The van der Waals surface area contributed by atoms with Crippen molar-refractivity contribution >= 4 is 22.9 Å². The highest BCUT2D eigenvalue weighted by Crippen LogP contribution is 2.35. The van der Waals surface area contributed by atoms with E-state index in [4.69, 9.17) is 25.4 Å². The second-order valence-corrected chi connectivity index (χ2v) is 7.87. The van der Waals surface area contributed by atoms with Crippen LogP contribution >= 0.6 is 0 Å². The number of aromatic nitrogens is 6. The molecule has 0 saturated carbocycles. The fraction of sp³-hybridized carbons (Fsp3) is 0.526. The van der Waals surface area contributed by atoms with E-state index in [-0.39, 0.29) is 5.95 Å². The van der Waals surface area contributed by atoms with Crippen LogP contribution < -0.4 is 10.6 Å². The summed E-state index contributed by atoms with van der Waals surface area (Å²) in [5.74, 6) is 2.61. The summed E-state index contributed by atoms with van der Waals surface area (Å²) in [7, 11) is 0. The van der Waals surface area contributed by atoms with Gasteiger partial charge in [0.05, 0.1) is 12.2 Å². The summed E-state index contributed by atoms with van der Waals surface area (Å²) in [4.78, 5) is 25.2. The molecule has 5 heterocycles. The normalized spacial score (nSPS) is 19.0. The third kappa shape index (κ3) is 2.77. The maximum Gasteiger partial charge on any atom is 0.219 e. The van der Waals surface area contributed by atoms with Crippen molar-refractivity contribution in [3.8, 4) is 11.4 Å². The smallest absolute Gasteiger partial charge is 0.219 e. The molecular formula is C19H24N8O. The molecule has 146 valence electrons. The number of imidazole rings is 1. The van der Waals surface area contributed by atoms with Crippen LogP contribution in [0.3, 0.4) is 0 Å². The molecule has 3 aromatic heterocycles. The van der Waals surface area contributed by atoms with Crippen LogP contribution in [0.25, 0.3) is 22.6 Å². The maximum atomic E-state index is 5.96. The Bertz CT molecular complexity index is 1020. The third-order valence-corrected chi connectivity index (χ3v) is 5.48. The molecular weight excluding hydrogens is 356 g/mol. The molecule has 0 aromatic carbocycles. The summed E-state index contributed by atoms with van der Waals surface area (Å²) >= 11 is 0. The minimum atomic E-state index is -0.456. The van der Waals surface area contributed by atoms with Crippen molar-refractivity contribution in [2.24, 2.45) is 0 Å². The van der Waals surface area contributed by atoms with Gasteiger partial charge in [-0.15, -0.1) is 0 Å². The van der Waals surface area contributed by atoms with Gasteiger partial charge in [0, 0.05) is 32.0 Å². The molecule has 1 saturated heterocycles. The van der Waals surface area contributed by atoms with Gasteiger partial charge >= 0.3 is 0 Å². The molecule has 0 bridgehead atoms. The Morgan fingerprint density at radius 3 is 2.50 bits per heavy atom. The van der Waals surface area contributed by atoms with Crippen molar-refractivity contribution in [2.75, 3.05) is 30.3 Å². The van der Waals surface area contributed by atoms with Crippen molar-refractivity contribution in [1.82, 2.24) is 29.5 Å². The SMILES string of the molecule is CC1(C)OCCn2c1nc1c(N3CCCCC3)nc(-c3cnc(N)nc3)nc12. The quantitative estimate of drug-likeness (QED) is 0.720. The van der Waals surface area contributed by atoms with E-state index >= 15 is 0 Å². The Morgan fingerprint density at radius 2 is 1.75 bits per heavy atom. The molecule has 0 radical (unpaired) electrons. The maximum absolute atomic E-state index is 5.96. The lowest BCUT2D eigenvalue weighted by Crippen LogP contribution is -2.33. The third-order valence-electron chi connectivity index (χ3n) is 5.48. The zero-order valence-corrected chi connectivity index (χ0v) is 16.2. The lowest BCUT2D eigenvalue weighted by Gasteiger charge is -2.30. The number of ether oxygens (including phenoxy) is 1. The van der Waals surface area contributed by atoms with E-state index in [1.54, 1.807) is 12.4 Å². The molecule has 3 aromatic rings. The minimum absolute atomic E-state index is 0.238. The van der Waals surface area contributed by atoms with Crippen molar-refractivity contribution in [1.29, 1.82) is 0 Å². The van der Waals surface area contributed by atoms with Crippen LogP contribution in [0.5, 0.6) is 0 Å². The molecule has 5 rings (SSSR count). The minimum Gasteiger partial charge on any atom is -0.368 e. The molecule has 0 spiro atoms. The fourth-order valence-electron chi connectivity index (χ4n) is 4.02. The topological polar surface area (TPSA) is 108 Å². The number of nitrogen functional groups attached to an aromatic ring is 1. The lowest BCUT2D eigenvalue weighted by molar-refractivity contribution is -0.0530. The van der Waals surface area contributed by atoms with Crippen molar-refractivity contribution < 1.29 is 4.74 Å². The van der Waals surface area contributed by atoms with Gasteiger partial charge in [-0.1, -0.05) is 0 Å². The van der Waals surface area contributed by atoms with Gasteiger partial charge in [0.1, 0.15) is 11.4 Å². The highest BCUT2D eigenvalue weighted by molar-refractivity contribution is 5.86. The van der Waals surface area contributed by atoms with E-state index in [2.05, 4.69) is 19.4 Å². The molecule has 2 N–H and O–H groups in total. The van der Waals surface area contributed by atoms with E-state index in [9.17, 15) is 0 Å². The summed E-state index contributed by atoms with van der Waals surface area (Å²) < 4.78 is 8.12. The molecule has 0 amide bonds. The van der Waals surface area contributed by atoms with Crippen LogP contribution in [-0.4, -0.2) is 49.2 Å². The van der Waals surface area contributed by atoms with Crippen LogP contribution in [0.1, 0.15) is 38.9 Å². The van der Waals surface area contributed by atoms with Crippen molar-refractivity contribution in [3.05, 3.63) is 18.2 Å². The highest BCUT2D eigenvalue weighted by atomic mass is 16.5. The summed E-state index contributed by atoms with van der Waals surface area (Å²) in [5.41, 5.74) is 7.62. The number of anilines is 2. The van der Waals surface area contributed by atoms with E-state index in [1.165, 1.54) is 6.42 Å². The molecule has 2 aliphatic rings. The van der Waals surface area contributed by atoms with E-state index in [0.29, 0.717) is 12.4 Å². The van der Waals surface area contributed by atoms with Crippen LogP contribution in [0.15, 0.2) is 12.4 Å². The second-order valence-electron chi connectivity index (χ2n) is 7.87. The molecule has 1 fully saturated rings. The molecule has 0 atom stereocenters. The van der Waals surface area contributed by atoms with Crippen LogP contribution in [0.2, 0.25) is 0 Å². The standard InChI is InChI=1S/C19H24N8O/c1-19(2)17-23-13-15(26-6-4-3-5-7-26)24-14(12-10-21-18(20)22-11-12)25-16(13)27(17)8-9-28-19/h10-11H,3-9H2,1-2H3,(H2,20,21,22).